The molecule has 2 amide bonds. The Balaban J connectivity index is 1.62. The molecule has 0 spiro atoms. The third-order valence-corrected chi connectivity index (χ3v) is 4.61. The lowest BCUT2D eigenvalue weighted by Crippen LogP contribution is -2.43. The van der Waals surface area contributed by atoms with Crippen molar-refractivity contribution in [3.8, 4) is 5.75 Å². The number of carbonyl (C=O) groups is 2. The molecule has 3 aromatic rings. The third kappa shape index (κ3) is 5.37. The fraction of sp³-hybridized carbons (Fsp3) is 0.238. The monoisotopic (exact) mass is 446 g/mol. The summed E-state index contributed by atoms with van der Waals surface area (Å²) in [6.07, 6.45) is 0.582. The van der Waals surface area contributed by atoms with Crippen molar-refractivity contribution in [3.05, 3.63) is 69.4 Å². The molecule has 0 aliphatic heterocycles. The molecule has 10 heteroatoms. The Kier molecular flexibility index (Phi) is 7.19. The Hall–Kier alpha value is -3.46. The second-order valence-electron chi connectivity index (χ2n) is 6.60. The Labute approximate surface area is 181 Å². The van der Waals surface area contributed by atoms with Crippen molar-refractivity contribution in [2.24, 2.45) is 0 Å². The van der Waals surface area contributed by atoms with E-state index < -0.39 is 17.6 Å². The highest BCUT2D eigenvalue weighted by Gasteiger charge is 2.17. The van der Waals surface area contributed by atoms with Crippen molar-refractivity contribution in [1.82, 2.24) is 20.6 Å². The first-order chi connectivity index (χ1) is 14.9. The Morgan fingerprint density at radius 3 is 2.61 bits per heavy atom. The first kappa shape index (κ1) is 22.2. The number of carbonyl (C=O) groups excluding carboxylic acids is 2. The molecule has 0 radical (unpaired) electrons. The summed E-state index contributed by atoms with van der Waals surface area (Å²) in [5, 5.41) is 5.01. The van der Waals surface area contributed by atoms with Gasteiger partial charge in [-0.05, 0) is 30.7 Å². The topological polar surface area (TPSA) is 102 Å². The second kappa shape index (κ2) is 10.0. The van der Waals surface area contributed by atoms with Crippen LogP contribution in [0.2, 0.25) is 5.02 Å². The van der Waals surface area contributed by atoms with Crippen molar-refractivity contribution in [2.45, 2.75) is 26.3 Å². The lowest BCUT2D eigenvalue weighted by molar-refractivity contribution is -0.122. The lowest BCUT2D eigenvalue weighted by Gasteiger charge is -2.12. The normalized spacial score (nSPS) is 10.7. The molecule has 0 aliphatic carbocycles. The molecule has 2 aromatic carbocycles. The van der Waals surface area contributed by atoms with E-state index >= 15 is 0 Å². The zero-order valence-corrected chi connectivity index (χ0v) is 17.4. The first-order valence-corrected chi connectivity index (χ1v) is 9.95. The number of benzene rings is 2. The van der Waals surface area contributed by atoms with Crippen molar-refractivity contribution < 1.29 is 18.7 Å². The van der Waals surface area contributed by atoms with E-state index in [1.165, 1.54) is 16.8 Å². The fourth-order valence-electron chi connectivity index (χ4n) is 2.86. The highest BCUT2D eigenvalue weighted by Crippen LogP contribution is 2.24. The standard InChI is InChI=1S/C21H20ClFN4O4/c1-2-10-27-21(30)15-6-4-3-5-14(15)19(26-27)20(29)25-24-18(28)9-11-31-17-8-7-13(23)12-16(17)22/h3-8,12H,2,9-11H2,1H3,(H,24,28)(H,25,29). The highest BCUT2D eigenvalue weighted by atomic mass is 35.5. The van der Waals surface area contributed by atoms with E-state index in [4.69, 9.17) is 16.3 Å². The van der Waals surface area contributed by atoms with E-state index in [1.54, 1.807) is 24.3 Å². The summed E-state index contributed by atoms with van der Waals surface area (Å²) in [4.78, 5) is 37.1. The number of ether oxygens (including phenoxy) is 1. The molecule has 0 atom stereocenters. The Morgan fingerprint density at radius 2 is 1.90 bits per heavy atom. The smallest absolute Gasteiger partial charge is 0.290 e. The van der Waals surface area contributed by atoms with Crippen LogP contribution in [-0.2, 0) is 11.3 Å². The van der Waals surface area contributed by atoms with Gasteiger partial charge in [0.1, 0.15) is 11.6 Å². The molecule has 1 aromatic heterocycles. The fourth-order valence-corrected chi connectivity index (χ4v) is 3.08. The van der Waals surface area contributed by atoms with Crippen molar-refractivity contribution in [2.75, 3.05) is 6.61 Å². The molecule has 2 N–H and O–H groups in total. The molecular weight excluding hydrogens is 427 g/mol. The number of amides is 2. The Morgan fingerprint density at radius 1 is 1.16 bits per heavy atom. The summed E-state index contributed by atoms with van der Waals surface area (Å²) in [5.74, 6) is -1.42. The molecule has 0 unspecified atom stereocenters. The molecule has 0 saturated carbocycles. The minimum atomic E-state index is -0.656. The summed E-state index contributed by atoms with van der Waals surface area (Å²) >= 11 is 5.86. The maximum absolute atomic E-state index is 13.0. The predicted octanol–water partition coefficient (Wildman–Crippen LogP) is 2.83. The average Bonchev–Trinajstić information content (AvgIpc) is 2.75. The van der Waals surface area contributed by atoms with E-state index in [0.29, 0.717) is 23.7 Å². The van der Waals surface area contributed by atoms with E-state index in [2.05, 4.69) is 16.0 Å². The summed E-state index contributed by atoms with van der Waals surface area (Å²) in [7, 11) is 0. The van der Waals surface area contributed by atoms with Crippen LogP contribution in [0.3, 0.4) is 0 Å². The average molecular weight is 447 g/mol. The van der Waals surface area contributed by atoms with Gasteiger partial charge in [-0.25, -0.2) is 9.07 Å². The van der Waals surface area contributed by atoms with E-state index in [1.807, 2.05) is 6.92 Å². The molecular formula is C21H20ClFN4O4. The van der Waals surface area contributed by atoms with Crippen LogP contribution in [0.4, 0.5) is 4.39 Å². The van der Waals surface area contributed by atoms with Crippen LogP contribution in [0.5, 0.6) is 5.75 Å². The van der Waals surface area contributed by atoms with E-state index in [0.717, 1.165) is 6.07 Å². The molecule has 0 aliphatic rings. The molecule has 1 heterocycles. The summed E-state index contributed by atoms with van der Waals surface area (Å²) in [5.41, 5.74) is 4.33. The number of hydrazine groups is 1. The van der Waals surface area contributed by atoms with Gasteiger partial charge in [0.15, 0.2) is 5.69 Å². The molecule has 0 saturated heterocycles. The largest absolute Gasteiger partial charge is 0.491 e. The number of aromatic nitrogens is 2. The molecule has 0 fully saturated rings. The summed E-state index contributed by atoms with van der Waals surface area (Å²) < 4.78 is 19.6. The van der Waals surface area contributed by atoms with Crippen LogP contribution in [0, 0.1) is 5.82 Å². The van der Waals surface area contributed by atoms with E-state index in [9.17, 15) is 18.8 Å². The number of aryl methyl sites for hydroxylation is 1. The van der Waals surface area contributed by atoms with Gasteiger partial charge < -0.3 is 4.74 Å². The SMILES string of the molecule is CCCn1nc(C(=O)NNC(=O)CCOc2ccc(F)cc2Cl)c2ccccc2c1=O. The first-order valence-electron chi connectivity index (χ1n) is 9.57. The van der Waals surface area contributed by atoms with Gasteiger partial charge in [0, 0.05) is 11.9 Å². The van der Waals surface area contributed by atoms with Crippen LogP contribution in [0.1, 0.15) is 30.3 Å². The van der Waals surface area contributed by atoms with Gasteiger partial charge in [-0.1, -0.05) is 36.7 Å². The van der Waals surface area contributed by atoms with Gasteiger partial charge in [-0.2, -0.15) is 5.10 Å². The van der Waals surface area contributed by atoms with Crippen LogP contribution >= 0.6 is 11.6 Å². The summed E-state index contributed by atoms with van der Waals surface area (Å²) in [6.45, 7) is 2.22. The van der Waals surface area contributed by atoms with Crippen LogP contribution in [0.25, 0.3) is 10.8 Å². The number of nitrogens with one attached hydrogen (secondary N) is 2. The maximum Gasteiger partial charge on any atom is 0.290 e. The zero-order valence-electron chi connectivity index (χ0n) is 16.7. The van der Waals surface area contributed by atoms with Gasteiger partial charge in [0.25, 0.3) is 11.5 Å². The van der Waals surface area contributed by atoms with Gasteiger partial charge in [0.2, 0.25) is 5.91 Å². The van der Waals surface area contributed by atoms with Crippen LogP contribution < -0.4 is 21.1 Å². The number of fused-ring (bicyclic) bond motifs is 1. The quantitative estimate of drug-likeness (QED) is 0.543. The second-order valence-corrected chi connectivity index (χ2v) is 7.01. The van der Waals surface area contributed by atoms with Crippen molar-refractivity contribution in [3.63, 3.8) is 0 Å². The minimum absolute atomic E-state index is 0.0262. The Bertz CT molecular complexity index is 1180. The maximum atomic E-state index is 13.0. The van der Waals surface area contributed by atoms with Gasteiger partial charge in [-0.3, -0.25) is 25.2 Å². The number of halogens is 2. The molecule has 0 bridgehead atoms. The van der Waals surface area contributed by atoms with Crippen molar-refractivity contribution >= 4 is 34.2 Å². The third-order valence-electron chi connectivity index (χ3n) is 4.31. The zero-order chi connectivity index (χ0) is 22.4. The van der Waals surface area contributed by atoms with Crippen LogP contribution in [-0.4, -0.2) is 28.2 Å². The minimum Gasteiger partial charge on any atom is -0.491 e. The van der Waals surface area contributed by atoms with Gasteiger partial charge in [0.05, 0.1) is 23.4 Å². The van der Waals surface area contributed by atoms with E-state index in [-0.39, 0.29) is 35.1 Å². The molecule has 162 valence electrons. The van der Waals surface area contributed by atoms with Crippen molar-refractivity contribution in [1.29, 1.82) is 0 Å². The molecule has 3 rings (SSSR count). The van der Waals surface area contributed by atoms with Gasteiger partial charge >= 0.3 is 0 Å². The molecule has 8 nitrogen and oxygen atoms in total. The molecule has 31 heavy (non-hydrogen) atoms. The number of rotatable bonds is 7. The summed E-state index contributed by atoms with van der Waals surface area (Å²) in [6, 6.07) is 10.3. The van der Waals surface area contributed by atoms with Gasteiger partial charge in [-0.15, -0.1) is 0 Å². The number of nitrogens with zero attached hydrogens (tertiary/aromatic N) is 2. The number of hydrogen-bond acceptors (Lipinski definition) is 5. The highest BCUT2D eigenvalue weighted by molar-refractivity contribution is 6.32. The number of hydrogen-bond donors (Lipinski definition) is 2. The predicted molar refractivity (Wildman–Crippen MR) is 113 cm³/mol. The lowest BCUT2D eigenvalue weighted by atomic mass is 10.1. The van der Waals surface area contributed by atoms with Crippen LogP contribution in [0.15, 0.2) is 47.3 Å².